The van der Waals surface area contributed by atoms with Crippen LogP contribution in [0.3, 0.4) is 0 Å². The Bertz CT molecular complexity index is 351. The Hall–Kier alpha value is -0.570. The predicted molar refractivity (Wildman–Crippen MR) is 67.1 cm³/mol. The number of anilines is 1. The molecule has 1 N–H and O–H groups in total. The number of pyridine rings is 1. The van der Waals surface area contributed by atoms with Crippen LogP contribution in [0.1, 0.15) is 31.7 Å². The van der Waals surface area contributed by atoms with E-state index in [1.54, 1.807) is 0 Å². The molecule has 2 nitrogen and oxygen atoms in total. The number of nitrogens with one attached hydrogen (secondary N) is 1. The summed E-state index contributed by atoms with van der Waals surface area (Å²) in [5, 5.41) is 3.51. The molecule has 1 fully saturated rings. The van der Waals surface area contributed by atoms with Gasteiger partial charge in [-0.2, -0.15) is 0 Å². The lowest BCUT2D eigenvalue weighted by Crippen LogP contribution is -2.16. The highest BCUT2D eigenvalue weighted by Crippen LogP contribution is 2.27. The molecular formula is C12H17BrN2. The number of rotatable bonds is 2. The van der Waals surface area contributed by atoms with E-state index >= 15 is 0 Å². The minimum absolute atomic E-state index is 0.619. The summed E-state index contributed by atoms with van der Waals surface area (Å²) in [7, 11) is 0. The predicted octanol–water partition coefficient (Wildman–Crippen LogP) is 3.75. The lowest BCUT2D eigenvalue weighted by atomic mass is 10.1. The average Bonchev–Trinajstić information content (AvgIpc) is 2.58. The van der Waals surface area contributed by atoms with Gasteiger partial charge in [0.15, 0.2) is 0 Å². The summed E-state index contributed by atoms with van der Waals surface area (Å²) in [5.41, 5.74) is 1.23. The van der Waals surface area contributed by atoms with E-state index in [0.717, 1.165) is 16.2 Å². The molecule has 1 aromatic rings. The molecule has 1 aliphatic carbocycles. The largest absolute Gasteiger partial charge is 0.367 e. The van der Waals surface area contributed by atoms with Crippen LogP contribution in [0.15, 0.2) is 16.7 Å². The number of halogens is 1. The summed E-state index contributed by atoms with van der Waals surface area (Å²) >= 11 is 3.46. The summed E-state index contributed by atoms with van der Waals surface area (Å²) in [6.45, 7) is 4.41. The SMILES string of the molecule is Cc1cc(NC2CCC(C)C2)ncc1Br. The van der Waals surface area contributed by atoms with Crippen molar-refractivity contribution in [3.63, 3.8) is 0 Å². The third-order valence-corrected chi connectivity index (χ3v) is 3.92. The van der Waals surface area contributed by atoms with Crippen LogP contribution >= 0.6 is 15.9 Å². The lowest BCUT2D eigenvalue weighted by molar-refractivity contribution is 0.602. The molecule has 0 aromatic carbocycles. The molecule has 0 spiro atoms. The fraction of sp³-hybridized carbons (Fsp3) is 0.583. The lowest BCUT2D eigenvalue weighted by Gasteiger charge is -2.13. The van der Waals surface area contributed by atoms with Crippen LogP contribution in [-0.2, 0) is 0 Å². The van der Waals surface area contributed by atoms with Gasteiger partial charge < -0.3 is 5.32 Å². The van der Waals surface area contributed by atoms with Crippen molar-refractivity contribution in [3.05, 3.63) is 22.3 Å². The van der Waals surface area contributed by atoms with Crippen LogP contribution in [0.25, 0.3) is 0 Å². The van der Waals surface area contributed by atoms with Crippen LogP contribution in [0.2, 0.25) is 0 Å². The second-order valence-corrected chi connectivity index (χ2v) is 5.43. The van der Waals surface area contributed by atoms with E-state index in [1.807, 2.05) is 6.20 Å². The summed E-state index contributed by atoms with van der Waals surface area (Å²) in [5.74, 6) is 1.87. The molecule has 0 amide bonds. The molecule has 2 unspecified atom stereocenters. The first-order valence-electron chi connectivity index (χ1n) is 5.54. The fourth-order valence-corrected chi connectivity index (χ4v) is 2.38. The molecule has 2 rings (SSSR count). The molecule has 15 heavy (non-hydrogen) atoms. The van der Waals surface area contributed by atoms with Gasteiger partial charge in [-0.25, -0.2) is 4.98 Å². The summed E-state index contributed by atoms with van der Waals surface area (Å²) in [6.07, 6.45) is 5.76. The van der Waals surface area contributed by atoms with Gasteiger partial charge in [-0.15, -0.1) is 0 Å². The normalized spacial score (nSPS) is 25.5. The molecule has 0 bridgehead atoms. The van der Waals surface area contributed by atoms with Crippen LogP contribution in [-0.4, -0.2) is 11.0 Å². The Morgan fingerprint density at radius 2 is 2.27 bits per heavy atom. The Morgan fingerprint density at radius 3 is 2.87 bits per heavy atom. The minimum Gasteiger partial charge on any atom is -0.367 e. The highest BCUT2D eigenvalue weighted by Gasteiger charge is 2.21. The topological polar surface area (TPSA) is 24.9 Å². The first-order valence-corrected chi connectivity index (χ1v) is 6.33. The molecule has 0 aliphatic heterocycles. The van der Waals surface area contributed by atoms with E-state index < -0.39 is 0 Å². The molecule has 0 saturated heterocycles. The van der Waals surface area contributed by atoms with Crippen molar-refractivity contribution < 1.29 is 0 Å². The highest BCUT2D eigenvalue weighted by molar-refractivity contribution is 9.10. The molecule has 82 valence electrons. The standard InChI is InChI=1S/C12H17BrN2/c1-8-3-4-10(5-8)15-12-6-9(2)11(13)7-14-12/h6-8,10H,3-5H2,1-2H3,(H,14,15). The summed E-state index contributed by atoms with van der Waals surface area (Å²) < 4.78 is 1.08. The number of hydrogen-bond acceptors (Lipinski definition) is 2. The van der Waals surface area contributed by atoms with Crippen molar-refractivity contribution in [2.45, 2.75) is 39.2 Å². The van der Waals surface area contributed by atoms with E-state index in [9.17, 15) is 0 Å². The molecular weight excluding hydrogens is 252 g/mol. The van der Waals surface area contributed by atoms with Gasteiger partial charge in [0.05, 0.1) is 0 Å². The Kier molecular flexibility index (Phi) is 3.29. The van der Waals surface area contributed by atoms with Gasteiger partial charge in [0.2, 0.25) is 0 Å². The molecule has 1 saturated carbocycles. The van der Waals surface area contributed by atoms with Crippen LogP contribution in [0, 0.1) is 12.8 Å². The quantitative estimate of drug-likeness (QED) is 0.884. The van der Waals surface area contributed by atoms with E-state index in [0.29, 0.717) is 6.04 Å². The van der Waals surface area contributed by atoms with Crippen molar-refractivity contribution in [2.75, 3.05) is 5.32 Å². The van der Waals surface area contributed by atoms with Crippen molar-refractivity contribution in [1.82, 2.24) is 4.98 Å². The maximum Gasteiger partial charge on any atom is 0.126 e. The van der Waals surface area contributed by atoms with Gasteiger partial charge in [0, 0.05) is 16.7 Å². The third-order valence-electron chi connectivity index (χ3n) is 3.09. The van der Waals surface area contributed by atoms with E-state index in [-0.39, 0.29) is 0 Å². The van der Waals surface area contributed by atoms with Gasteiger partial charge in [-0.1, -0.05) is 6.92 Å². The van der Waals surface area contributed by atoms with Crippen LogP contribution in [0.5, 0.6) is 0 Å². The zero-order valence-electron chi connectivity index (χ0n) is 9.26. The van der Waals surface area contributed by atoms with E-state index in [2.05, 4.69) is 46.1 Å². The van der Waals surface area contributed by atoms with E-state index in [1.165, 1.54) is 24.8 Å². The monoisotopic (exact) mass is 268 g/mol. The number of nitrogens with zero attached hydrogens (tertiary/aromatic N) is 1. The Labute approximate surface area is 99.6 Å². The van der Waals surface area contributed by atoms with Crippen LogP contribution in [0.4, 0.5) is 5.82 Å². The Balaban J connectivity index is 2.02. The van der Waals surface area contributed by atoms with Crippen LogP contribution < -0.4 is 5.32 Å². The highest BCUT2D eigenvalue weighted by atomic mass is 79.9. The van der Waals surface area contributed by atoms with Gasteiger partial charge in [0.1, 0.15) is 5.82 Å². The summed E-state index contributed by atoms with van der Waals surface area (Å²) in [4.78, 5) is 4.37. The fourth-order valence-electron chi connectivity index (χ4n) is 2.17. The minimum atomic E-state index is 0.619. The zero-order chi connectivity index (χ0) is 10.8. The van der Waals surface area contributed by atoms with Gasteiger partial charge in [-0.3, -0.25) is 0 Å². The van der Waals surface area contributed by atoms with Gasteiger partial charge in [-0.05, 0) is 59.7 Å². The first kappa shape index (κ1) is 10.9. The van der Waals surface area contributed by atoms with Crippen molar-refractivity contribution in [1.29, 1.82) is 0 Å². The van der Waals surface area contributed by atoms with Crippen molar-refractivity contribution in [3.8, 4) is 0 Å². The Morgan fingerprint density at radius 1 is 1.47 bits per heavy atom. The van der Waals surface area contributed by atoms with Gasteiger partial charge >= 0.3 is 0 Å². The number of aryl methyl sites for hydroxylation is 1. The van der Waals surface area contributed by atoms with Crippen molar-refractivity contribution >= 4 is 21.7 Å². The maximum atomic E-state index is 4.37. The summed E-state index contributed by atoms with van der Waals surface area (Å²) in [6, 6.07) is 2.72. The van der Waals surface area contributed by atoms with Gasteiger partial charge in [0.25, 0.3) is 0 Å². The smallest absolute Gasteiger partial charge is 0.126 e. The molecule has 1 heterocycles. The number of hydrogen-bond donors (Lipinski definition) is 1. The molecule has 1 aliphatic rings. The van der Waals surface area contributed by atoms with E-state index in [4.69, 9.17) is 0 Å². The molecule has 1 aromatic heterocycles. The number of aromatic nitrogens is 1. The second kappa shape index (κ2) is 4.52. The average molecular weight is 269 g/mol. The molecule has 3 heteroatoms. The first-order chi connectivity index (χ1) is 7.15. The zero-order valence-corrected chi connectivity index (χ0v) is 10.8. The second-order valence-electron chi connectivity index (χ2n) is 4.58. The molecule has 2 atom stereocenters. The van der Waals surface area contributed by atoms with Crippen molar-refractivity contribution in [2.24, 2.45) is 5.92 Å². The third kappa shape index (κ3) is 2.71. The maximum absolute atomic E-state index is 4.37. The molecule has 0 radical (unpaired) electrons.